The first kappa shape index (κ1) is 18.9. The number of allylic oxidation sites excluding steroid dienone is 2. The number of carbonyl (C=O) groups excluding carboxylic acids is 2. The lowest BCUT2D eigenvalue weighted by atomic mass is 9.50. The van der Waals surface area contributed by atoms with Gasteiger partial charge in [0.25, 0.3) is 0 Å². The highest BCUT2D eigenvalue weighted by molar-refractivity contribution is 9.12. The molecule has 3 aliphatic carbocycles. The summed E-state index contributed by atoms with van der Waals surface area (Å²) in [5.74, 6) is -5.25. The first-order valence-electron chi connectivity index (χ1n) is 9.53. The zero-order valence-corrected chi connectivity index (χ0v) is 18.0. The van der Waals surface area contributed by atoms with Gasteiger partial charge in [0.15, 0.2) is 12.1 Å². The highest BCUT2D eigenvalue weighted by Crippen LogP contribution is 2.65. The fourth-order valence-corrected chi connectivity index (χ4v) is 7.77. The molecule has 0 spiro atoms. The minimum Gasteiger partial charge on any atom is -0.391 e. The van der Waals surface area contributed by atoms with Crippen LogP contribution in [0.3, 0.4) is 0 Å². The van der Waals surface area contributed by atoms with E-state index in [0.29, 0.717) is 6.42 Å². The van der Waals surface area contributed by atoms with Crippen molar-refractivity contribution in [2.75, 3.05) is 0 Å². The monoisotopic (exact) mass is 504 g/mol. The molecule has 7 aliphatic rings. The number of hydrogen-bond acceptors (Lipinski definition) is 6. The van der Waals surface area contributed by atoms with Gasteiger partial charge in [-0.05, 0) is 60.4 Å². The Labute approximate surface area is 173 Å². The minimum atomic E-state index is -2.11. The smallest absolute Gasteiger partial charge is 0.235 e. The molecule has 0 aromatic carbocycles. The molecule has 4 heterocycles. The number of halogens is 2. The molecule has 6 fully saturated rings. The lowest BCUT2D eigenvalue weighted by Crippen LogP contribution is -2.78. The summed E-state index contributed by atoms with van der Waals surface area (Å²) in [4.78, 5) is 26.1. The van der Waals surface area contributed by atoms with Crippen molar-refractivity contribution in [1.29, 1.82) is 0 Å². The molecule has 4 aliphatic heterocycles. The predicted molar refractivity (Wildman–Crippen MR) is 101 cm³/mol. The Morgan fingerprint density at radius 1 is 1.22 bits per heavy atom. The molecule has 10 atom stereocenters. The molecular weight excluding hydrogens is 484 g/mol. The van der Waals surface area contributed by atoms with Crippen LogP contribution in [0.4, 0.5) is 0 Å². The van der Waals surface area contributed by atoms with E-state index in [-0.39, 0.29) is 22.2 Å². The molecule has 0 aromatic heterocycles. The van der Waals surface area contributed by atoms with E-state index in [1.165, 1.54) is 0 Å². The van der Waals surface area contributed by atoms with Crippen molar-refractivity contribution in [2.24, 2.45) is 29.6 Å². The zero-order chi connectivity index (χ0) is 19.3. The topological polar surface area (TPSA) is 93.1 Å². The van der Waals surface area contributed by atoms with Gasteiger partial charge in [-0.3, -0.25) is 9.59 Å². The molecule has 7 rings (SSSR count). The second-order valence-electron chi connectivity index (χ2n) is 8.81. The van der Waals surface area contributed by atoms with Gasteiger partial charge in [-0.25, -0.2) is 0 Å². The molecule has 27 heavy (non-hydrogen) atoms. The van der Waals surface area contributed by atoms with Crippen LogP contribution >= 0.6 is 31.9 Å². The molecule has 0 amide bonds. The molecule has 2 N–H and O–H groups in total. The molecule has 2 saturated carbocycles. The summed E-state index contributed by atoms with van der Waals surface area (Å²) in [5, 5.41) is 22.5. The van der Waals surface area contributed by atoms with E-state index in [2.05, 4.69) is 31.9 Å². The maximum absolute atomic E-state index is 13.5. The second kappa shape index (κ2) is 5.95. The van der Waals surface area contributed by atoms with Gasteiger partial charge in [-0.1, -0.05) is 22.0 Å². The Balaban J connectivity index is 1.74. The maximum atomic E-state index is 13.5. The van der Waals surface area contributed by atoms with Gasteiger partial charge in [-0.2, -0.15) is 0 Å². The van der Waals surface area contributed by atoms with Gasteiger partial charge in [0.1, 0.15) is 5.92 Å². The molecule has 8 heteroatoms. The Morgan fingerprint density at radius 2 is 1.96 bits per heavy atom. The third-order valence-corrected chi connectivity index (χ3v) is 9.45. The third-order valence-electron chi connectivity index (χ3n) is 7.51. The third kappa shape index (κ3) is 2.31. The summed E-state index contributed by atoms with van der Waals surface area (Å²) < 4.78 is 12.2. The molecule has 0 aromatic rings. The maximum Gasteiger partial charge on any atom is 0.235 e. The van der Waals surface area contributed by atoms with E-state index in [1.807, 2.05) is 6.92 Å². The number of hydrogen-bond donors (Lipinski definition) is 2. The highest BCUT2D eigenvalue weighted by atomic mass is 79.9. The SMILES string of the molecule is C[C@]12CC[C@@H]3C(O1)O[C@@]1(O)C(=O)[C@H]4C(=O)/C(Br)=C\CC[C@@H](C3[C@@H]21)[C@H](Br)C4O. The van der Waals surface area contributed by atoms with Gasteiger partial charge < -0.3 is 19.7 Å². The van der Waals surface area contributed by atoms with Gasteiger partial charge in [0, 0.05) is 10.7 Å². The number of ether oxygens (including phenoxy) is 2. The molecule has 3 unspecified atom stereocenters. The second-order valence-corrected chi connectivity index (χ2v) is 10.7. The van der Waals surface area contributed by atoms with Crippen molar-refractivity contribution in [3.05, 3.63) is 10.6 Å². The van der Waals surface area contributed by atoms with E-state index in [1.54, 1.807) is 6.08 Å². The number of fused-ring (bicyclic) bond motifs is 4. The predicted octanol–water partition coefficient (Wildman–Crippen LogP) is 2.04. The van der Waals surface area contributed by atoms with Gasteiger partial charge in [0.05, 0.1) is 22.1 Å². The quantitative estimate of drug-likeness (QED) is 0.386. The van der Waals surface area contributed by atoms with Crippen LogP contribution in [0.5, 0.6) is 0 Å². The minimum absolute atomic E-state index is 0.00509. The molecular formula is C19H22Br2O6. The Kier molecular flexibility index (Phi) is 4.16. The van der Waals surface area contributed by atoms with Crippen LogP contribution in [0.25, 0.3) is 0 Å². The fourth-order valence-electron chi connectivity index (χ4n) is 6.38. The number of carbonyl (C=O) groups is 2. The first-order valence-corrected chi connectivity index (χ1v) is 11.2. The van der Waals surface area contributed by atoms with Crippen molar-refractivity contribution < 1.29 is 29.3 Å². The van der Waals surface area contributed by atoms with Crippen LogP contribution in [0.1, 0.15) is 32.6 Å². The molecule has 6 nitrogen and oxygen atoms in total. The van der Waals surface area contributed by atoms with Gasteiger partial charge in [0.2, 0.25) is 11.6 Å². The summed E-state index contributed by atoms with van der Waals surface area (Å²) in [7, 11) is 0. The Hall–Kier alpha value is -0.120. The molecule has 148 valence electrons. The van der Waals surface area contributed by atoms with Crippen LogP contribution in [0, 0.1) is 29.6 Å². The summed E-state index contributed by atoms with van der Waals surface area (Å²) in [5.41, 5.74) is -0.674. The molecule has 0 radical (unpaired) electrons. The van der Waals surface area contributed by atoms with E-state index in [0.717, 1.165) is 19.3 Å². The van der Waals surface area contributed by atoms with Crippen molar-refractivity contribution in [1.82, 2.24) is 0 Å². The number of rotatable bonds is 0. The normalized spacial score (nSPS) is 58.8. The summed E-state index contributed by atoms with van der Waals surface area (Å²) in [6.07, 6.45) is 2.95. The van der Waals surface area contributed by atoms with E-state index in [9.17, 15) is 19.8 Å². The van der Waals surface area contributed by atoms with E-state index >= 15 is 0 Å². The van der Waals surface area contributed by atoms with Crippen LogP contribution in [0.2, 0.25) is 0 Å². The Morgan fingerprint density at radius 3 is 2.67 bits per heavy atom. The number of aliphatic hydroxyl groups is 2. The van der Waals surface area contributed by atoms with Gasteiger partial charge >= 0.3 is 0 Å². The van der Waals surface area contributed by atoms with Crippen LogP contribution in [-0.2, 0) is 19.1 Å². The number of alkyl halides is 1. The average Bonchev–Trinajstić information content (AvgIpc) is 2.64. The first-order chi connectivity index (χ1) is 12.7. The summed E-state index contributed by atoms with van der Waals surface area (Å²) >= 11 is 6.90. The van der Waals surface area contributed by atoms with Crippen LogP contribution in [-0.4, -0.2) is 50.4 Å². The van der Waals surface area contributed by atoms with Crippen LogP contribution in [0.15, 0.2) is 10.6 Å². The number of Topliss-reactive ketones (excluding diaryl/α,β-unsaturated/α-hetero) is 2. The molecule has 8 bridgehead atoms. The largest absolute Gasteiger partial charge is 0.391 e. The highest BCUT2D eigenvalue weighted by Gasteiger charge is 2.74. The van der Waals surface area contributed by atoms with Crippen LogP contribution < -0.4 is 0 Å². The zero-order valence-electron chi connectivity index (χ0n) is 14.8. The summed E-state index contributed by atoms with van der Waals surface area (Å²) in [6.45, 7) is 1.94. The fraction of sp³-hybridized carbons (Fsp3) is 0.789. The molecule has 4 saturated heterocycles. The Bertz CT molecular complexity index is 754. The van der Waals surface area contributed by atoms with E-state index in [4.69, 9.17) is 9.47 Å². The van der Waals surface area contributed by atoms with Crippen molar-refractivity contribution in [2.45, 2.75) is 61.2 Å². The van der Waals surface area contributed by atoms with Crippen molar-refractivity contribution >= 4 is 43.4 Å². The summed E-state index contributed by atoms with van der Waals surface area (Å²) in [6, 6.07) is 0. The van der Waals surface area contributed by atoms with Crippen molar-refractivity contribution in [3.8, 4) is 0 Å². The lowest BCUT2D eigenvalue weighted by Gasteiger charge is -2.68. The average molecular weight is 506 g/mol. The van der Waals surface area contributed by atoms with E-state index < -0.39 is 52.0 Å². The standard InChI is InChI=1S/C19H22Br2O6/c1-18-6-5-8-10-7-3-2-4-9(20)13(22)11(14(23)12(7)21)16(24)19(25,15(10)18)27-17(8)26-18/h4,7-8,10-12,14-15,17,23,25H,2-3,5-6H2,1H3/b9-4+/t7-,8-,10?,11-,12-,14?,15-,17?,18+,19+/m0/s1. The lowest BCUT2D eigenvalue weighted by molar-refractivity contribution is -0.464. The number of aliphatic hydroxyl groups excluding tert-OH is 1. The van der Waals surface area contributed by atoms with Crippen molar-refractivity contribution in [3.63, 3.8) is 0 Å². The van der Waals surface area contributed by atoms with Gasteiger partial charge in [-0.15, -0.1) is 0 Å². The number of ketones is 2.